The van der Waals surface area contributed by atoms with Gasteiger partial charge in [0.1, 0.15) is 0 Å². The van der Waals surface area contributed by atoms with Crippen LogP contribution in [0.1, 0.15) is 41.4 Å². The summed E-state index contributed by atoms with van der Waals surface area (Å²) in [5.74, 6) is -1.10. The molecule has 2 saturated heterocycles. The fourth-order valence-electron chi connectivity index (χ4n) is 4.08. The van der Waals surface area contributed by atoms with Gasteiger partial charge in [0.15, 0.2) is 5.69 Å². The number of hydrogen-bond acceptors (Lipinski definition) is 6. The monoisotopic (exact) mass is 398 g/mol. The second-order valence-electron chi connectivity index (χ2n) is 7.85. The van der Waals surface area contributed by atoms with Crippen molar-refractivity contribution in [3.63, 3.8) is 0 Å². The molecule has 1 aromatic carbocycles. The standard InChI is InChI=1S/C20H26N6O3/c1-13-3-2-4-15(9-13)25-7-5-14(6-8-25)22-19(27)17-10-16(11-21-17)26-12-18(20(28)29)23-24-26/h2-4,9,12,14,16-17,21H,5-8,10-11H2,1H3,(H,22,27)(H,28,29)/t16-,17-/m0/s1. The highest BCUT2D eigenvalue weighted by atomic mass is 16.4. The Labute approximate surface area is 169 Å². The topological polar surface area (TPSA) is 112 Å². The Morgan fingerprint density at radius 3 is 2.76 bits per heavy atom. The molecule has 29 heavy (non-hydrogen) atoms. The average Bonchev–Trinajstić information content (AvgIpc) is 3.38. The van der Waals surface area contributed by atoms with Crippen LogP contribution in [0.2, 0.25) is 0 Å². The number of carboxylic acids is 1. The van der Waals surface area contributed by atoms with Crippen LogP contribution in [0.25, 0.3) is 0 Å². The number of carbonyl (C=O) groups excluding carboxylic acids is 1. The van der Waals surface area contributed by atoms with E-state index in [1.54, 1.807) is 0 Å². The maximum absolute atomic E-state index is 12.7. The van der Waals surface area contributed by atoms with Gasteiger partial charge in [-0.2, -0.15) is 0 Å². The SMILES string of the molecule is Cc1cccc(N2CCC(NC(=O)[C@@H]3C[C@H](n4cc(C(=O)O)nn4)CN3)CC2)c1. The maximum Gasteiger partial charge on any atom is 0.358 e. The van der Waals surface area contributed by atoms with Crippen LogP contribution in [-0.2, 0) is 4.79 Å². The predicted octanol–water partition coefficient (Wildman–Crippen LogP) is 0.973. The summed E-state index contributed by atoms with van der Waals surface area (Å²) in [4.78, 5) is 26.0. The summed E-state index contributed by atoms with van der Waals surface area (Å²) in [6.45, 7) is 4.50. The zero-order chi connectivity index (χ0) is 20.4. The Morgan fingerprint density at radius 2 is 2.07 bits per heavy atom. The van der Waals surface area contributed by atoms with Crippen molar-refractivity contribution in [1.82, 2.24) is 25.6 Å². The summed E-state index contributed by atoms with van der Waals surface area (Å²) in [6.07, 6.45) is 3.81. The van der Waals surface area contributed by atoms with Crippen LogP contribution in [0.3, 0.4) is 0 Å². The van der Waals surface area contributed by atoms with Crippen LogP contribution in [-0.4, -0.2) is 63.7 Å². The first kappa shape index (κ1) is 19.4. The lowest BCUT2D eigenvalue weighted by Crippen LogP contribution is -2.49. The predicted molar refractivity (Wildman–Crippen MR) is 107 cm³/mol. The smallest absolute Gasteiger partial charge is 0.358 e. The Balaban J connectivity index is 1.26. The van der Waals surface area contributed by atoms with E-state index in [1.807, 2.05) is 0 Å². The van der Waals surface area contributed by atoms with Gasteiger partial charge in [0.2, 0.25) is 5.91 Å². The van der Waals surface area contributed by atoms with E-state index in [4.69, 9.17) is 5.11 Å². The molecule has 154 valence electrons. The van der Waals surface area contributed by atoms with E-state index in [1.165, 1.54) is 22.1 Å². The van der Waals surface area contributed by atoms with E-state index in [9.17, 15) is 9.59 Å². The fourth-order valence-corrected chi connectivity index (χ4v) is 4.08. The van der Waals surface area contributed by atoms with Crippen molar-refractivity contribution in [3.8, 4) is 0 Å². The zero-order valence-corrected chi connectivity index (χ0v) is 16.4. The zero-order valence-electron chi connectivity index (χ0n) is 16.4. The molecule has 0 spiro atoms. The number of aromatic nitrogens is 3. The van der Waals surface area contributed by atoms with Gasteiger partial charge in [-0.3, -0.25) is 4.79 Å². The molecule has 0 bridgehead atoms. The van der Waals surface area contributed by atoms with Crippen molar-refractivity contribution in [2.75, 3.05) is 24.5 Å². The summed E-state index contributed by atoms with van der Waals surface area (Å²) >= 11 is 0. The Morgan fingerprint density at radius 1 is 1.28 bits per heavy atom. The molecular weight excluding hydrogens is 372 g/mol. The highest BCUT2D eigenvalue weighted by Crippen LogP contribution is 2.22. The number of carbonyl (C=O) groups is 2. The maximum atomic E-state index is 12.7. The van der Waals surface area contributed by atoms with E-state index in [2.05, 4.69) is 57.0 Å². The van der Waals surface area contributed by atoms with Crippen molar-refractivity contribution < 1.29 is 14.7 Å². The molecule has 2 aliphatic heterocycles. The van der Waals surface area contributed by atoms with Crippen molar-refractivity contribution in [2.24, 2.45) is 0 Å². The largest absolute Gasteiger partial charge is 0.476 e. The van der Waals surface area contributed by atoms with Gasteiger partial charge in [0.05, 0.1) is 18.3 Å². The molecule has 0 aliphatic carbocycles. The molecule has 0 saturated carbocycles. The molecule has 1 amide bonds. The summed E-state index contributed by atoms with van der Waals surface area (Å²) in [7, 11) is 0. The van der Waals surface area contributed by atoms with Crippen molar-refractivity contribution in [2.45, 2.75) is 44.3 Å². The minimum Gasteiger partial charge on any atom is -0.476 e. The van der Waals surface area contributed by atoms with Crippen molar-refractivity contribution >= 4 is 17.6 Å². The van der Waals surface area contributed by atoms with Gasteiger partial charge in [-0.05, 0) is 43.9 Å². The number of nitrogens with one attached hydrogen (secondary N) is 2. The number of hydrogen-bond donors (Lipinski definition) is 3. The molecule has 9 nitrogen and oxygen atoms in total. The van der Waals surface area contributed by atoms with Gasteiger partial charge in [-0.25, -0.2) is 9.48 Å². The molecular formula is C20H26N6O3. The summed E-state index contributed by atoms with van der Waals surface area (Å²) in [5.41, 5.74) is 2.41. The molecule has 2 fully saturated rings. The highest BCUT2D eigenvalue weighted by Gasteiger charge is 2.33. The third-order valence-electron chi connectivity index (χ3n) is 5.74. The van der Waals surface area contributed by atoms with Crippen LogP contribution < -0.4 is 15.5 Å². The van der Waals surface area contributed by atoms with E-state index in [-0.39, 0.29) is 29.7 Å². The Hall–Kier alpha value is -2.94. The van der Waals surface area contributed by atoms with Crippen LogP contribution in [0, 0.1) is 6.92 Å². The summed E-state index contributed by atoms with van der Waals surface area (Å²) in [5, 5.41) is 22.9. The lowest BCUT2D eigenvalue weighted by molar-refractivity contribution is -0.123. The minimum atomic E-state index is -1.10. The number of benzene rings is 1. The van der Waals surface area contributed by atoms with Crippen LogP contribution in [0.15, 0.2) is 30.5 Å². The lowest BCUT2D eigenvalue weighted by atomic mass is 10.0. The lowest BCUT2D eigenvalue weighted by Gasteiger charge is -2.34. The van der Waals surface area contributed by atoms with Crippen molar-refractivity contribution in [3.05, 3.63) is 41.7 Å². The molecule has 1 aromatic heterocycles. The molecule has 2 aliphatic rings. The number of amides is 1. The van der Waals surface area contributed by atoms with E-state index in [0.717, 1.165) is 25.9 Å². The van der Waals surface area contributed by atoms with E-state index >= 15 is 0 Å². The third kappa shape index (κ3) is 4.40. The van der Waals surface area contributed by atoms with Crippen LogP contribution >= 0.6 is 0 Å². The molecule has 0 radical (unpaired) electrons. The fraction of sp³-hybridized carbons (Fsp3) is 0.500. The number of nitrogens with zero attached hydrogens (tertiary/aromatic N) is 4. The quantitative estimate of drug-likeness (QED) is 0.688. The van der Waals surface area contributed by atoms with Crippen LogP contribution in [0.5, 0.6) is 0 Å². The first-order valence-corrected chi connectivity index (χ1v) is 10.00. The second-order valence-corrected chi connectivity index (χ2v) is 7.85. The molecule has 2 aromatic rings. The summed E-state index contributed by atoms with van der Waals surface area (Å²) < 4.78 is 1.53. The van der Waals surface area contributed by atoms with Gasteiger partial charge >= 0.3 is 5.97 Å². The molecule has 0 unspecified atom stereocenters. The molecule has 9 heteroatoms. The number of anilines is 1. The highest BCUT2D eigenvalue weighted by molar-refractivity contribution is 5.84. The van der Waals surface area contributed by atoms with Gasteiger partial charge < -0.3 is 20.6 Å². The van der Waals surface area contributed by atoms with Gasteiger partial charge in [-0.1, -0.05) is 17.3 Å². The van der Waals surface area contributed by atoms with E-state index < -0.39 is 5.97 Å². The molecule has 3 heterocycles. The first-order valence-electron chi connectivity index (χ1n) is 10.00. The molecule has 2 atom stereocenters. The summed E-state index contributed by atoms with van der Waals surface area (Å²) in [6, 6.07) is 8.31. The minimum absolute atomic E-state index is 0.0000731. The third-order valence-corrected chi connectivity index (χ3v) is 5.74. The Kier molecular flexibility index (Phi) is 5.48. The molecule has 4 rings (SSSR count). The average molecular weight is 398 g/mol. The first-order chi connectivity index (χ1) is 14.0. The van der Waals surface area contributed by atoms with Gasteiger partial charge in [-0.15, -0.1) is 5.10 Å². The Bertz CT molecular complexity index is 890. The number of carboxylic acid groups (broad SMARTS) is 1. The van der Waals surface area contributed by atoms with Gasteiger partial charge in [0, 0.05) is 31.4 Å². The second kappa shape index (κ2) is 8.20. The number of piperidine rings is 1. The van der Waals surface area contributed by atoms with Gasteiger partial charge in [0.25, 0.3) is 0 Å². The number of rotatable bonds is 5. The number of aryl methyl sites for hydroxylation is 1. The molecule has 3 N–H and O–H groups in total. The van der Waals surface area contributed by atoms with E-state index in [0.29, 0.717) is 13.0 Å². The van der Waals surface area contributed by atoms with Crippen molar-refractivity contribution in [1.29, 1.82) is 0 Å². The number of aromatic carboxylic acids is 1. The van der Waals surface area contributed by atoms with Crippen LogP contribution in [0.4, 0.5) is 5.69 Å². The normalized spacial score (nSPS) is 22.6.